The third kappa shape index (κ3) is 5.22. The van der Waals surface area contributed by atoms with Gasteiger partial charge in [-0.3, -0.25) is 4.98 Å². The Labute approximate surface area is 156 Å². The molecule has 0 saturated carbocycles. The van der Waals surface area contributed by atoms with E-state index < -0.39 is 16.1 Å². The minimum atomic E-state index is -3.81. The number of hydrogen-bond acceptors (Lipinski definition) is 6. The van der Waals surface area contributed by atoms with Gasteiger partial charge in [0.05, 0.1) is 4.90 Å². The molecular weight excluding hydrogens is 368 g/mol. The van der Waals surface area contributed by atoms with Gasteiger partial charge in [-0.2, -0.15) is 0 Å². The summed E-state index contributed by atoms with van der Waals surface area (Å²) < 4.78 is 26.9. The normalized spacial score (nSPS) is 10.8. The van der Waals surface area contributed by atoms with Crippen LogP contribution in [0.3, 0.4) is 0 Å². The summed E-state index contributed by atoms with van der Waals surface area (Å²) in [5, 5.41) is 5.33. The number of benzene rings is 1. The van der Waals surface area contributed by atoms with Gasteiger partial charge in [0.2, 0.25) is 5.95 Å². The smallest absolute Gasteiger partial charge is 0.319 e. The first kappa shape index (κ1) is 18.3. The molecule has 0 unspecified atom stereocenters. The van der Waals surface area contributed by atoms with Gasteiger partial charge in [-0.05, 0) is 48.0 Å². The molecule has 0 radical (unpaired) electrons. The Hall–Kier alpha value is -3.53. The average Bonchev–Trinajstić information content (AvgIpc) is 2.68. The third-order valence-corrected chi connectivity index (χ3v) is 4.76. The number of hydrogen-bond donors (Lipinski definition) is 3. The van der Waals surface area contributed by atoms with Crippen LogP contribution in [-0.2, 0) is 16.6 Å². The molecule has 0 aliphatic carbocycles. The second-order valence-electron chi connectivity index (χ2n) is 5.37. The molecule has 0 spiro atoms. The summed E-state index contributed by atoms with van der Waals surface area (Å²) in [6, 6.07) is 10.5. The van der Waals surface area contributed by atoms with E-state index in [1.807, 2.05) is 0 Å². The molecule has 3 N–H and O–H groups in total. The molecule has 0 fully saturated rings. The van der Waals surface area contributed by atoms with Crippen molar-refractivity contribution in [1.82, 2.24) is 20.3 Å². The maximum atomic E-state index is 12.3. The van der Waals surface area contributed by atoms with Gasteiger partial charge in [-0.1, -0.05) is 0 Å². The largest absolute Gasteiger partial charge is 0.334 e. The SMILES string of the molecule is O=C(NCc1ccncc1)Nc1ccc(S(=O)(=O)Nc2ncccn2)cc1. The second-order valence-corrected chi connectivity index (χ2v) is 7.05. The van der Waals surface area contributed by atoms with E-state index in [1.165, 1.54) is 36.7 Å². The average molecular weight is 384 g/mol. The summed E-state index contributed by atoms with van der Waals surface area (Å²) >= 11 is 0. The number of pyridine rings is 1. The van der Waals surface area contributed by atoms with Crippen LogP contribution in [0.15, 0.2) is 72.1 Å². The topological polar surface area (TPSA) is 126 Å². The van der Waals surface area contributed by atoms with Crippen LogP contribution in [0.2, 0.25) is 0 Å². The van der Waals surface area contributed by atoms with Crippen molar-refractivity contribution >= 4 is 27.7 Å². The molecule has 138 valence electrons. The van der Waals surface area contributed by atoms with Crippen molar-refractivity contribution in [1.29, 1.82) is 0 Å². The number of anilines is 2. The van der Waals surface area contributed by atoms with E-state index in [0.717, 1.165) is 5.56 Å². The molecule has 3 rings (SSSR count). The zero-order valence-corrected chi connectivity index (χ0v) is 14.8. The Morgan fingerprint density at radius 2 is 1.59 bits per heavy atom. The molecule has 0 bridgehead atoms. The number of sulfonamides is 1. The van der Waals surface area contributed by atoms with Gasteiger partial charge in [-0.25, -0.2) is 27.9 Å². The number of aromatic nitrogens is 3. The van der Waals surface area contributed by atoms with E-state index in [4.69, 9.17) is 0 Å². The molecule has 0 aliphatic rings. The highest BCUT2D eigenvalue weighted by Crippen LogP contribution is 2.16. The standard InChI is InChI=1S/C17H16N6O3S/c24-17(21-12-13-6-10-18-11-7-13)22-14-2-4-15(5-3-14)27(25,26)23-16-19-8-1-9-20-16/h1-11H,12H2,(H,19,20,23)(H2,21,22,24). The lowest BCUT2D eigenvalue weighted by molar-refractivity contribution is 0.251. The fourth-order valence-corrected chi connectivity index (χ4v) is 3.06. The van der Waals surface area contributed by atoms with E-state index in [9.17, 15) is 13.2 Å². The highest BCUT2D eigenvalue weighted by molar-refractivity contribution is 7.92. The Bertz CT molecular complexity index is 996. The quantitative estimate of drug-likeness (QED) is 0.597. The first-order valence-corrected chi connectivity index (χ1v) is 9.35. The van der Waals surface area contributed by atoms with Crippen LogP contribution < -0.4 is 15.4 Å². The molecule has 0 aliphatic heterocycles. The number of urea groups is 1. The van der Waals surface area contributed by atoms with Crippen molar-refractivity contribution in [3.63, 3.8) is 0 Å². The number of carbonyl (C=O) groups is 1. The highest BCUT2D eigenvalue weighted by Gasteiger charge is 2.15. The maximum Gasteiger partial charge on any atom is 0.319 e. The molecule has 9 nitrogen and oxygen atoms in total. The van der Waals surface area contributed by atoms with Gasteiger partial charge in [0.25, 0.3) is 10.0 Å². The van der Waals surface area contributed by atoms with Crippen LogP contribution in [0.5, 0.6) is 0 Å². The van der Waals surface area contributed by atoms with Crippen molar-refractivity contribution in [3.8, 4) is 0 Å². The fraction of sp³-hybridized carbons (Fsp3) is 0.0588. The zero-order chi connectivity index (χ0) is 19.1. The van der Waals surface area contributed by atoms with E-state index in [2.05, 4.69) is 30.3 Å². The third-order valence-electron chi connectivity index (χ3n) is 3.42. The summed E-state index contributed by atoms with van der Waals surface area (Å²) in [6.07, 6.45) is 6.15. The van der Waals surface area contributed by atoms with Gasteiger partial charge in [0.15, 0.2) is 0 Å². The van der Waals surface area contributed by atoms with Crippen molar-refractivity contribution in [3.05, 3.63) is 72.8 Å². The molecule has 0 atom stereocenters. The molecule has 1 aromatic carbocycles. The number of carbonyl (C=O) groups excluding carboxylic acids is 1. The summed E-state index contributed by atoms with van der Waals surface area (Å²) in [5.41, 5.74) is 1.37. The molecule has 2 aromatic heterocycles. The van der Waals surface area contributed by atoms with Crippen molar-refractivity contribution in [2.75, 3.05) is 10.0 Å². The van der Waals surface area contributed by atoms with E-state index in [0.29, 0.717) is 12.2 Å². The molecule has 2 amide bonds. The first-order chi connectivity index (χ1) is 13.0. The van der Waals surface area contributed by atoms with Crippen molar-refractivity contribution in [2.24, 2.45) is 0 Å². The van der Waals surface area contributed by atoms with Crippen LogP contribution in [-0.4, -0.2) is 29.4 Å². The van der Waals surface area contributed by atoms with Gasteiger partial charge in [0.1, 0.15) is 0 Å². The van der Waals surface area contributed by atoms with E-state index in [1.54, 1.807) is 30.6 Å². The summed E-state index contributed by atoms with van der Waals surface area (Å²) in [5.74, 6) is -0.0183. The number of rotatable bonds is 6. The van der Waals surface area contributed by atoms with Gasteiger partial charge in [-0.15, -0.1) is 0 Å². The van der Waals surface area contributed by atoms with Gasteiger partial charge >= 0.3 is 6.03 Å². The van der Waals surface area contributed by atoms with Crippen molar-refractivity contribution < 1.29 is 13.2 Å². The summed E-state index contributed by atoms with van der Waals surface area (Å²) in [4.78, 5) is 23.5. The summed E-state index contributed by atoms with van der Waals surface area (Å²) in [6.45, 7) is 0.349. The number of amides is 2. The minimum absolute atomic E-state index is 0.0183. The van der Waals surface area contributed by atoms with Crippen LogP contribution in [0, 0.1) is 0 Å². The zero-order valence-electron chi connectivity index (χ0n) is 14.0. The Kier molecular flexibility index (Phi) is 5.57. The van der Waals surface area contributed by atoms with Crippen LogP contribution >= 0.6 is 0 Å². The molecule has 2 heterocycles. The second kappa shape index (κ2) is 8.23. The lowest BCUT2D eigenvalue weighted by Crippen LogP contribution is -2.28. The predicted octanol–water partition coefficient (Wildman–Crippen LogP) is 1.99. The van der Waals surface area contributed by atoms with Gasteiger partial charge < -0.3 is 10.6 Å². The highest BCUT2D eigenvalue weighted by atomic mass is 32.2. The Morgan fingerprint density at radius 3 is 2.26 bits per heavy atom. The number of nitrogens with one attached hydrogen (secondary N) is 3. The van der Waals surface area contributed by atoms with Gasteiger partial charge in [0, 0.05) is 37.0 Å². The predicted molar refractivity (Wildman–Crippen MR) is 99.4 cm³/mol. The van der Waals surface area contributed by atoms with Crippen LogP contribution in [0.4, 0.5) is 16.4 Å². The van der Waals surface area contributed by atoms with Crippen LogP contribution in [0.25, 0.3) is 0 Å². The first-order valence-electron chi connectivity index (χ1n) is 7.86. The van der Waals surface area contributed by atoms with E-state index >= 15 is 0 Å². The Balaban J connectivity index is 1.59. The Morgan fingerprint density at radius 1 is 0.926 bits per heavy atom. The lowest BCUT2D eigenvalue weighted by atomic mass is 10.3. The fourth-order valence-electron chi connectivity index (χ4n) is 2.11. The molecule has 27 heavy (non-hydrogen) atoms. The van der Waals surface area contributed by atoms with E-state index in [-0.39, 0.29) is 10.8 Å². The lowest BCUT2D eigenvalue weighted by Gasteiger charge is -2.09. The molecule has 10 heteroatoms. The maximum absolute atomic E-state index is 12.3. The molecule has 3 aromatic rings. The molecular formula is C17H16N6O3S. The van der Waals surface area contributed by atoms with Crippen LogP contribution in [0.1, 0.15) is 5.56 Å². The van der Waals surface area contributed by atoms with Crippen molar-refractivity contribution in [2.45, 2.75) is 11.4 Å². The number of nitrogens with zero attached hydrogens (tertiary/aromatic N) is 3. The minimum Gasteiger partial charge on any atom is -0.334 e. The molecule has 0 saturated heterocycles. The monoisotopic (exact) mass is 384 g/mol. The summed E-state index contributed by atoms with van der Waals surface area (Å²) in [7, 11) is -3.81.